The zero-order valence-corrected chi connectivity index (χ0v) is 7.25. The zero-order chi connectivity index (χ0) is 8.39. The minimum atomic E-state index is 1.11. The van der Waals surface area contributed by atoms with Crippen molar-refractivity contribution in [2.75, 3.05) is 0 Å². The van der Waals surface area contributed by atoms with Gasteiger partial charge in [0.05, 0.1) is 0 Å². The van der Waals surface area contributed by atoms with Crippen LogP contribution in [-0.4, -0.2) is 7.28 Å². The Hall–Kier alpha value is -1.24. The maximum Gasteiger partial charge on any atom is 0.155 e. The molecular weight excluding hydrogens is 143 g/mol. The van der Waals surface area contributed by atoms with Crippen LogP contribution >= 0.6 is 0 Å². The first-order valence-corrected chi connectivity index (χ1v) is 4.38. The van der Waals surface area contributed by atoms with Crippen LogP contribution in [0.2, 0.25) is 6.82 Å². The van der Waals surface area contributed by atoms with Gasteiger partial charge in [0.1, 0.15) is 0 Å². The van der Waals surface area contributed by atoms with Crippen molar-refractivity contribution >= 4 is 23.5 Å². The van der Waals surface area contributed by atoms with Gasteiger partial charge in [-0.3, -0.25) is 0 Å². The predicted octanol–water partition coefficient (Wildman–Crippen LogP) is 1.95. The molecule has 0 aliphatic rings. The molecule has 0 aromatic heterocycles. The van der Waals surface area contributed by atoms with Gasteiger partial charge in [0.2, 0.25) is 0 Å². The van der Waals surface area contributed by atoms with Crippen molar-refractivity contribution in [2.24, 2.45) is 0 Å². The van der Waals surface area contributed by atoms with Gasteiger partial charge in [-0.2, -0.15) is 0 Å². The molecule has 58 valence electrons. The van der Waals surface area contributed by atoms with Crippen molar-refractivity contribution in [1.82, 2.24) is 0 Å². The minimum Gasteiger partial charge on any atom is -0.0849 e. The molecule has 0 unspecified atom stereocenters. The van der Waals surface area contributed by atoms with E-state index in [-0.39, 0.29) is 0 Å². The van der Waals surface area contributed by atoms with Crippen LogP contribution < -0.4 is 5.46 Å². The molecule has 0 heterocycles. The van der Waals surface area contributed by atoms with Crippen LogP contribution in [0, 0.1) is 0 Å². The Kier molecular flexibility index (Phi) is 1.87. The lowest BCUT2D eigenvalue weighted by atomic mass is 9.71. The molecule has 2 rings (SSSR count). The summed E-state index contributed by atoms with van der Waals surface area (Å²) in [6.45, 7) is 2.20. The van der Waals surface area contributed by atoms with Gasteiger partial charge in [0.25, 0.3) is 0 Å². The van der Waals surface area contributed by atoms with E-state index in [0.29, 0.717) is 0 Å². The molecule has 0 atom stereocenters. The van der Waals surface area contributed by atoms with E-state index in [2.05, 4.69) is 49.3 Å². The number of hydrogen-bond donors (Lipinski definition) is 0. The van der Waals surface area contributed by atoms with Gasteiger partial charge in [-0.1, -0.05) is 54.8 Å². The highest BCUT2D eigenvalue weighted by atomic mass is 13.9. The predicted molar refractivity (Wildman–Crippen MR) is 56.6 cm³/mol. The fourth-order valence-electron chi connectivity index (χ4n) is 1.60. The molecule has 0 aliphatic heterocycles. The molecule has 0 amide bonds. The highest BCUT2D eigenvalue weighted by molar-refractivity contribution is 6.55. The minimum absolute atomic E-state index is 1.11. The third-order valence-corrected chi connectivity index (χ3v) is 2.26. The number of benzene rings is 2. The van der Waals surface area contributed by atoms with Crippen LogP contribution in [0.25, 0.3) is 10.8 Å². The second kappa shape index (κ2) is 3.02. The van der Waals surface area contributed by atoms with Crippen LogP contribution in [0.5, 0.6) is 0 Å². The Morgan fingerprint density at radius 2 is 1.67 bits per heavy atom. The standard InChI is InChI=1S/C11H11B/c1-12-11-8-4-6-9-5-2-3-7-10(9)11/h2-8,12H,1H3. The fraction of sp³-hybridized carbons (Fsp3) is 0.0909. The largest absolute Gasteiger partial charge is 0.155 e. The van der Waals surface area contributed by atoms with Crippen LogP contribution in [0.15, 0.2) is 42.5 Å². The van der Waals surface area contributed by atoms with Gasteiger partial charge in [-0.05, 0) is 10.8 Å². The maximum atomic E-state index is 2.20. The maximum absolute atomic E-state index is 2.20. The Balaban J connectivity index is 2.79. The highest BCUT2D eigenvalue weighted by Gasteiger charge is 1.96. The lowest BCUT2D eigenvalue weighted by Gasteiger charge is -2.01. The van der Waals surface area contributed by atoms with Gasteiger partial charge >= 0.3 is 0 Å². The average molecular weight is 154 g/mol. The quantitative estimate of drug-likeness (QED) is 0.550. The van der Waals surface area contributed by atoms with E-state index in [1.807, 2.05) is 0 Å². The van der Waals surface area contributed by atoms with E-state index in [1.54, 1.807) is 0 Å². The molecule has 0 saturated heterocycles. The van der Waals surface area contributed by atoms with Gasteiger partial charge in [0, 0.05) is 0 Å². The zero-order valence-electron chi connectivity index (χ0n) is 7.25. The number of rotatable bonds is 1. The lowest BCUT2D eigenvalue weighted by Crippen LogP contribution is -2.10. The molecular formula is C11H11B. The summed E-state index contributed by atoms with van der Waals surface area (Å²) in [4.78, 5) is 0. The van der Waals surface area contributed by atoms with E-state index in [1.165, 1.54) is 16.2 Å². The monoisotopic (exact) mass is 154 g/mol. The molecule has 0 spiro atoms. The van der Waals surface area contributed by atoms with Crippen LogP contribution in [-0.2, 0) is 0 Å². The van der Waals surface area contributed by atoms with E-state index in [9.17, 15) is 0 Å². The lowest BCUT2D eigenvalue weighted by molar-refractivity contribution is 1.78. The van der Waals surface area contributed by atoms with Crippen molar-refractivity contribution in [1.29, 1.82) is 0 Å². The molecule has 0 bridgehead atoms. The summed E-state index contributed by atoms with van der Waals surface area (Å²) >= 11 is 0. The molecule has 2 aromatic rings. The van der Waals surface area contributed by atoms with E-state index in [0.717, 1.165) is 7.28 Å². The van der Waals surface area contributed by atoms with Crippen molar-refractivity contribution in [3.63, 3.8) is 0 Å². The van der Waals surface area contributed by atoms with Gasteiger partial charge in [0.15, 0.2) is 7.28 Å². The molecule has 0 nitrogen and oxygen atoms in total. The second-order valence-electron chi connectivity index (χ2n) is 2.99. The van der Waals surface area contributed by atoms with Gasteiger partial charge in [-0.15, -0.1) is 0 Å². The summed E-state index contributed by atoms with van der Waals surface area (Å²) in [5.74, 6) is 0. The summed E-state index contributed by atoms with van der Waals surface area (Å²) in [7, 11) is 1.11. The first-order valence-electron chi connectivity index (χ1n) is 4.38. The summed E-state index contributed by atoms with van der Waals surface area (Å²) in [5.41, 5.74) is 1.44. The van der Waals surface area contributed by atoms with Gasteiger partial charge < -0.3 is 0 Å². The van der Waals surface area contributed by atoms with E-state index in [4.69, 9.17) is 0 Å². The molecule has 0 saturated carbocycles. The molecule has 0 fully saturated rings. The fourth-order valence-corrected chi connectivity index (χ4v) is 1.60. The highest BCUT2D eigenvalue weighted by Crippen LogP contribution is 2.09. The van der Waals surface area contributed by atoms with Crippen molar-refractivity contribution in [3.05, 3.63) is 42.5 Å². The Morgan fingerprint density at radius 1 is 0.917 bits per heavy atom. The first-order chi connectivity index (χ1) is 5.92. The Labute approximate surface area is 73.5 Å². The van der Waals surface area contributed by atoms with Crippen LogP contribution in [0.1, 0.15) is 0 Å². The normalized spacial score (nSPS) is 10.1. The van der Waals surface area contributed by atoms with Crippen LogP contribution in [0.3, 0.4) is 0 Å². The third-order valence-electron chi connectivity index (χ3n) is 2.26. The van der Waals surface area contributed by atoms with Crippen molar-refractivity contribution in [2.45, 2.75) is 6.82 Å². The molecule has 0 radical (unpaired) electrons. The Morgan fingerprint density at radius 3 is 2.50 bits per heavy atom. The first kappa shape index (κ1) is 7.42. The molecule has 2 aromatic carbocycles. The average Bonchev–Trinajstić information content (AvgIpc) is 2.17. The Bertz CT molecular complexity index is 388. The number of fused-ring (bicyclic) bond motifs is 1. The molecule has 0 N–H and O–H groups in total. The van der Waals surface area contributed by atoms with Crippen LogP contribution in [0.4, 0.5) is 0 Å². The summed E-state index contributed by atoms with van der Waals surface area (Å²) < 4.78 is 0. The van der Waals surface area contributed by atoms with E-state index >= 15 is 0 Å². The molecule has 1 heteroatoms. The summed E-state index contributed by atoms with van der Waals surface area (Å²) in [6.07, 6.45) is 0. The summed E-state index contributed by atoms with van der Waals surface area (Å²) in [6, 6.07) is 15.0. The molecule has 0 aliphatic carbocycles. The SMILES string of the molecule is CBc1cccc2ccccc12. The van der Waals surface area contributed by atoms with Crippen molar-refractivity contribution in [3.8, 4) is 0 Å². The smallest absolute Gasteiger partial charge is 0.0849 e. The number of hydrogen-bond acceptors (Lipinski definition) is 0. The molecule has 12 heavy (non-hydrogen) atoms. The van der Waals surface area contributed by atoms with E-state index < -0.39 is 0 Å². The third kappa shape index (κ3) is 1.12. The summed E-state index contributed by atoms with van der Waals surface area (Å²) in [5, 5.41) is 2.74. The van der Waals surface area contributed by atoms with Gasteiger partial charge in [-0.25, -0.2) is 0 Å². The van der Waals surface area contributed by atoms with Crippen molar-refractivity contribution < 1.29 is 0 Å². The topological polar surface area (TPSA) is 0 Å². The second-order valence-corrected chi connectivity index (χ2v) is 2.99.